The van der Waals surface area contributed by atoms with Crippen LogP contribution in [0.5, 0.6) is 5.75 Å². The molecule has 1 atom stereocenters. The Morgan fingerprint density at radius 1 is 1.24 bits per heavy atom. The van der Waals surface area contributed by atoms with E-state index in [1.54, 1.807) is 7.11 Å². The van der Waals surface area contributed by atoms with Gasteiger partial charge in [0.1, 0.15) is 5.75 Å². The van der Waals surface area contributed by atoms with Gasteiger partial charge in [-0.3, -0.25) is 10.2 Å². The molecule has 0 spiro atoms. The van der Waals surface area contributed by atoms with Gasteiger partial charge in [-0.1, -0.05) is 19.4 Å². The molecule has 1 aromatic heterocycles. The maximum absolute atomic E-state index is 12.9. The van der Waals surface area contributed by atoms with Crippen LogP contribution in [0.4, 0.5) is 9.93 Å². The Morgan fingerprint density at radius 3 is 2.79 bits per heavy atom. The molecule has 2 amide bonds. The molecule has 8 heteroatoms. The number of benzene rings is 1. The van der Waals surface area contributed by atoms with Crippen molar-refractivity contribution >= 4 is 22.5 Å². The minimum atomic E-state index is -0.0541. The highest BCUT2D eigenvalue weighted by molar-refractivity contribution is 7.14. The lowest BCUT2D eigenvalue weighted by atomic mass is 9.97. The number of piperidine rings is 1. The third-order valence-electron chi connectivity index (χ3n) is 6.97. The van der Waals surface area contributed by atoms with Crippen LogP contribution >= 0.6 is 11.3 Å². The predicted octanol–water partition coefficient (Wildman–Crippen LogP) is 4.65. The van der Waals surface area contributed by atoms with Gasteiger partial charge in [0.15, 0.2) is 5.13 Å². The molecular weight excluding hydrogens is 446 g/mol. The van der Waals surface area contributed by atoms with Gasteiger partial charge in [-0.05, 0) is 62.9 Å². The monoisotopic (exact) mass is 485 g/mol. The van der Waals surface area contributed by atoms with Crippen LogP contribution in [0.3, 0.4) is 0 Å². The first kappa shape index (κ1) is 24.9. The second-order valence-electron chi connectivity index (χ2n) is 9.66. The number of unbranched alkanes of at least 4 members (excludes halogenated alkanes) is 1. The Bertz CT molecular complexity index is 941. The summed E-state index contributed by atoms with van der Waals surface area (Å²) in [6.07, 6.45) is 6.00. The highest BCUT2D eigenvalue weighted by atomic mass is 32.1. The van der Waals surface area contributed by atoms with Gasteiger partial charge >= 0.3 is 6.03 Å². The number of carbonyl (C=O) groups is 1. The first-order valence-electron chi connectivity index (χ1n) is 12.7. The fraction of sp³-hybridized carbons (Fsp3) is 0.615. The Kier molecular flexibility index (Phi) is 8.80. The van der Waals surface area contributed by atoms with E-state index >= 15 is 0 Å². The average Bonchev–Trinajstić information content (AvgIpc) is 3.31. The van der Waals surface area contributed by atoms with Crippen LogP contribution in [0.15, 0.2) is 23.6 Å². The minimum absolute atomic E-state index is 0.0541. The van der Waals surface area contributed by atoms with Crippen LogP contribution in [0.2, 0.25) is 0 Å². The van der Waals surface area contributed by atoms with Crippen molar-refractivity contribution in [2.24, 2.45) is 5.92 Å². The number of hydrogen-bond donors (Lipinski definition) is 1. The van der Waals surface area contributed by atoms with Crippen LogP contribution in [0.1, 0.15) is 38.2 Å². The van der Waals surface area contributed by atoms with Crippen LogP contribution in [-0.4, -0.2) is 85.7 Å². The molecule has 2 aliphatic heterocycles. The van der Waals surface area contributed by atoms with E-state index in [-0.39, 0.29) is 6.03 Å². The van der Waals surface area contributed by atoms with E-state index in [9.17, 15) is 4.79 Å². The number of methoxy groups -OCH3 is 1. The Hall–Kier alpha value is -2.16. The number of hydrogen-bond acceptors (Lipinski definition) is 6. The summed E-state index contributed by atoms with van der Waals surface area (Å²) in [4.78, 5) is 24.5. The molecule has 0 bridgehead atoms. The number of likely N-dealkylation sites (tertiary alicyclic amines) is 1. The normalized spacial score (nSPS) is 19.9. The van der Waals surface area contributed by atoms with E-state index in [0.717, 1.165) is 68.5 Å². The lowest BCUT2D eigenvalue weighted by Crippen LogP contribution is -2.51. The maximum Gasteiger partial charge on any atom is 0.323 e. The van der Waals surface area contributed by atoms with Crippen LogP contribution in [0.25, 0.3) is 11.3 Å². The molecule has 1 aromatic carbocycles. The molecule has 2 aliphatic rings. The van der Waals surface area contributed by atoms with Gasteiger partial charge in [0.25, 0.3) is 0 Å². The minimum Gasteiger partial charge on any atom is -0.496 e. The standard InChI is InChI=1S/C26H39N5O2S/c1-4-5-7-20-9-10-24(33-3)22(16-20)23-19-34-25(27-23)28-26(32)31-14-12-30(13-15-31)18-21-8-6-11-29(2)17-21/h9-10,16,19,21H,4-8,11-15,17-18H2,1-3H3,(H,27,28,32). The second-order valence-corrected chi connectivity index (χ2v) is 10.5. The first-order valence-corrected chi connectivity index (χ1v) is 13.5. The van der Waals surface area contributed by atoms with Crippen LogP contribution in [0, 0.1) is 5.92 Å². The number of nitrogens with zero attached hydrogens (tertiary/aromatic N) is 4. The number of carbonyl (C=O) groups excluding carboxylic acids is 1. The average molecular weight is 486 g/mol. The van der Waals surface area contributed by atoms with Crippen molar-refractivity contribution in [3.63, 3.8) is 0 Å². The molecule has 2 saturated heterocycles. The number of amides is 2. The van der Waals surface area contributed by atoms with Crippen LogP contribution < -0.4 is 10.1 Å². The Labute approximate surface area is 208 Å². The molecule has 0 aliphatic carbocycles. The maximum atomic E-state index is 12.9. The summed E-state index contributed by atoms with van der Waals surface area (Å²) in [5.74, 6) is 1.56. The molecule has 2 aromatic rings. The molecule has 3 heterocycles. The lowest BCUT2D eigenvalue weighted by molar-refractivity contribution is 0.109. The Balaban J connectivity index is 1.31. The summed E-state index contributed by atoms with van der Waals surface area (Å²) in [5, 5.41) is 5.65. The molecule has 7 nitrogen and oxygen atoms in total. The van der Waals surface area contributed by atoms with Crippen molar-refractivity contribution in [3.05, 3.63) is 29.1 Å². The fourth-order valence-electron chi connectivity index (χ4n) is 5.04. The summed E-state index contributed by atoms with van der Waals surface area (Å²) in [7, 11) is 3.91. The number of urea groups is 1. The quantitative estimate of drug-likeness (QED) is 0.590. The molecular formula is C26H39N5O2S. The number of thiazole rings is 1. The highest BCUT2D eigenvalue weighted by Crippen LogP contribution is 2.33. The lowest BCUT2D eigenvalue weighted by Gasteiger charge is -2.38. The zero-order valence-corrected chi connectivity index (χ0v) is 21.7. The fourth-order valence-corrected chi connectivity index (χ4v) is 5.74. The zero-order chi connectivity index (χ0) is 23.9. The summed E-state index contributed by atoms with van der Waals surface area (Å²) < 4.78 is 5.58. The van der Waals surface area contributed by atoms with Crippen molar-refractivity contribution in [3.8, 4) is 17.0 Å². The number of piperazine rings is 1. The molecule has 0 saturated carbocycles. The van der Waals surface area contributed by atoms with Gasteiger partial charge in [0.05, 0.1) is 12.8 Å². The van der Waals surface area contributed by atoms with Crippen molar-refractivity contribution in [1.82, 2.24) is 19.7 Å². The third kappa shape index (κ3) is 6.49. The van der Waals surface area contributed by atoms with E-state index < -0.39 is 0 Å². The van der Waals surface area contributed by atoms with Gasteiger partial charge < -0.3 is 14.5 Å². The second kappa shape index (κ2) is 12.0. The SMILES string of the molecule is CCCCc1ccc(OC)c(-c2csc(NC(=O)N3CCN(CC4CCCN(C)C4)CC3)n2)c1. The smallest absolute Gasteiger partial charge is 0.323 e. The number of rotatable bonds is 8. The van der Waals surface area contributed by atoms with Gasteiger partial charge in [-0.15, -0.1) is 11.3 Å². The number of aryl methyl sites for hydroxylation is 1. The number of aromatic nitrogens is 1. The highest BCUT2D eigenvalue weighted by Gasteiger charge is 2.25. The van der Waals surface area contributed by atoms with Gasteiger partial charge in [0, 0.05) is 50.2 Å². The van der Waals surface area contributed by atoms with Crippen LogP contribution in [-0.2, 0) is 6.42 Å². The van der Waals surface area contributed by atoms with Crippen molar-refractivity contribution < 1.29 is 9.53 Å². The molecule has 2 fully saturated rings. The van der Waals surface area contributed by atoms with Gasteiger partial charge in [-0.2, -0.15) is 0 Å². The molecule has 1 unspecified atom stereocenters. The summed E-state index contributed by atoms with van der Waals surface area (Å²) in [5.41, 5.74) is 3.11. The molecule has 186 valence electrons. The topological polar surface area (TPSA) is 60.9 Å². The van der Waals surface area contributed by atoms with E-state index in [2.05, 4.69) is 41.2 Å². The largest absolute Gasteiger partial charge is 0.496 e. The Morgan fingerprint density at radius 2 is 2.06 bits per heavy atom. The predicted molar refractivity (Wildman–Crippen MR) is 140 cm³/mol. The first-order chi connectivity index (χ1) is 16.6. The third-order valence-corrected chi connectivity index (χ3v) is 7.73. The summed E-state index contributed by atoms with van der Waals surface area (Å²) in [6, 6.07) is 6.25. The van der Waals surface area contributed by atoms with E-state index in [4.69, 9.17) is 9.72 Å². The van der Waals surface area contributed by atoms with E-state index in [1.165, 1.54) is 49.3 Å². The van der Waals surface area contributed by atoms with Crippen molar-refractivity contribution in [2.45, 2.75) is 39.0 Å². The molecule has 1 N–H and O–H groups in total. The molecule has 0 radical (unpaired) electrons. The van der Waals surface area contributed by atoms with Gasteiger partial charge in [0.2, 0.25) is 0 Å². The van der Waals surface area contributed by atoms with Gasteiger partial charge in [-0.25, -0.2) is 9.78 Å². The van der Waals surface area contributed by atoms with E-state index in [0.29, 0.717) is 5.13 Å². The van der Waals surface area contributed by atoms with Crippen molar-refractivity contribution in [2.75, 3.05) is 65.3 Å². The zero-order valence-electron chi connectivity index (χ0n) is 20.9. The number of anilines is 1. The molecule has 34 heavy (non-hydrogen) atoms. The molecule has 4 rings (SSSR count). The van der Waals surface area contributed by atoms with E-state index in [1.807, 2.05) is 16.3 Å². The van der Waals surface area contributed by atoms with Crippen molar-refractivity contribution in [1.29, 1.82) is 0 Å². The number of nitrogens with one attached hydrogen (secondary N) is 1. The number of ether oxygens (including phenoxy) is 1. The summed E-state index contributed by atoms with van der Waals surface area (Å²) in [6.45, 7) is 9.18. The summed E-state index contributed by atoms with van der Waals surface area (Å²) >= 11 is 1.46.